The summed E-state index contributed by atoms with van der Waals surface area (Å²) in [7, 11) is 1.50. The van der Waals surface area contributed by atoms with Crippen molar-refractivity contribution in [2.45, 2.75) is 33.2 Å². The molecule has 1 amide bonds. The number of amides is 1. The molecule has 1 unspecified atom stereocenters. The van der Waals surface area contributed by atoms with E-state index in [2.05, 4.69) is 4.98 Å². The van der Waals surface area contributed by atoms with Gasteiger partial charge in [-0.05, 0) is 43.5 Å². The number of esters is 1. The van der Waals surface area contributed by atoms with Crippen molar-refractivity contribution in [2.75, 3.05) is 18.6 Å². The Morgan fingerprint density at radius 2 is 1.86 bits per heavy atom. The summed E-state index contributed by atoms with van der Waals surface area (Å²) < 4.78 is 10.4. The number of methoxy groups -OCH3 is 1. The Kier molecular flexibility index (Phi) is 7.21. The molecule has 1 atom stereocenters. The highest BCUT2D eigenvalue weighted by atomic mass is 32.1. The van der Waals surface area contributed by atoms with Gasteiger partial charge in [0.1, 0.15) is 16.4 Å². The molecule has 1 aromatic heterocycles. The second-order valence-electron chi connectivity index (χ2n) is 8.13. The van der Waals surface area contributed by atoms with Gasteiger partial charge < -0.3 is 14.6 Å². The van der Waals surface area contributed by atoms with Crippen LogP contribution < -0.4 is 9.64 Å². The van der Waals surface area contributed by atoms with Crippen LogP contribution in [-0.2, 0) is 20.7 Å². The molecule has 1 fully saturated rings. The summed E-state index contributed by atoms with van der Waals surface area (Å²) in [5, 5.41) is 11.4. The lowest BCUT2D eigenvalue weighted by Crippen LogP contribution is -2.29. The fraction of sp³-hybridized carbons (Fsp3) is 0.259. The maximum atomic E-state index is 13.4. The molecule has 0 saturated carbocycles. The predicted octanol–water partition coefficient (Wildman–Crippen LogP) is 4.83. The zero-order valence-corrected chi connectivity index (χ0v) is 21.2. The predicted molar refractivity (Wildman–Crippen MR) is 136 cm³/mol. The summed E-state index contributed by atoms with van der Waals surface area (Å²) in [6, 6.07) is 13.2. The number of ketones is 1. The van der Waals surface area contributed by atoms with E-state index in [-0.39, 0.29) is 27.9 Å². The second-order valence-corrected chi connectivity index (χ2v) is 9.11. The third-order valence-corrected chi connectivity index (χ3v) is 7.08. The number of anilines is 1. The number of carbonyl (C=O) groups excluding carboxylic acids is 3. The van der Waals surface area contributed by atoms with Gasteiger partial charge in [0.05, 0.1) is 31.0 Å². The van der Waals surface area contributed by atoms with E-state index in [1.54, 1.807) is 38.1 Å². The van der Waals surface area contributed by atoms with Crippen LogP contribution in [0.1, 0.15) is 51.9 Å². The van der Waals surface area contributed by atoms with Gasteiger partial charge in [0, 0.05) is 5.56 Å². The van der Waals surface area contributed by atoms with Gasteiger partial charge in [0.25, 0.3) is 5.78 Å². The first kappa shape index (κ1) is 25.1. The Bertz CT molecular complexity index is 1360. The fourth-order valence-corrected chi connectivity index (χ4v) is 5.07. The molecule has 1 aliphatic rings. The second kappa shape index (κ2) is 10.3. The first-order chi connectivity index (χ1) is 17.3. The number of thiazole rings is 1. The topological polar surface area (TPSA) is 106 Å². The van der Waals surface area contributed by atoms with Crippen LogP contribution in [0.4, 0.5) is 5.13 Å². The minimum Gasteiger partial charge on any atom is -0.507 e. The molecule has 9 heteroatoms. The van der Waals surface area contributed by atoms with Crippen LogP contribution in [0.5, 0.6) is 5.75 Å². The number of ether oxygens (including phenoxy) is 2. The molecule has 1 N–H and O–H groups in total. The minimum atomic E-state index is -0.942. The highest BCUT2D eigenvalue weighted by molar-refractivity contribution is 7.17. The summed E-state index contributed by atoms with van der Waals surface area (Å²) in [5.41, 5.74) is 2.37. The van der Waals surface area contributed by atoms with Gasteiger partial charge in [-0.25, -0.2) is 9.78 Å². The molecule has 8 nitrogen and oxygen atoms in total. The van der Waals surface area contributed by atoms with E-state index in [1.165, 1.54) is 12.0 Å². The van der Waals surface area contributed by atoms with E-state index in [1.807, 2.05) is 31.2 Å². The molecule has 0 bridgehead atoms. The van der Waals surface area contributed by atoms with E-state index in [4.69, 9.17) is 9.47 Å². The quantitative estimate of drug-likeness (QED) is 0.212. The van der Waals surface area contributed by atoms with Crippen LogP contribution >= 0.6 is 11.3 Å². The van der Waals surface area contributed by atoms with E-state index >= 15 is 0 Å². The fourth-order valence-electron chi connectivity index (χ4n) is 4.08. The van der Waals surface area contributed by atoms with Gasteiger partial charge in [-0.1, -0.05) is 54.7 Å². The van der Waals surface area contributed by atoms with E-state index in [0.717, 1.165) is 23.3 Å². The summed E-state index contributed by atoms with van der Waals surface area (Å²) in [4.78, 5) is 45.0. The third kappa shape index (κ3) is 4.49. The molecule has 36 heavy (non-hydrogen) atoms. The van der Waals surface area contributed by atoms with Crippen molar-refractivity contribution in [3.63, 3.8) is 0 Å². The van der Waals surface area contributed by atoms with Gasteiger partial charge >= 0.3 is 11.9 Å². The molecule has 2 heterocycles. The number of aryl methyl sites for hydroxylation is 2. The largest absolute Gasteiger partial charge is 0.507 e. The molecule has 4 rings (SSSR count). The molecular formula is C27H26N2O6S. The molecule has 1 aliphatic heterocycles. The van der Waals surface area contributed by atoms with Gasteiger partial charge in [-0.3, -0.25) is 14.5 Å². The molecule has 1 saturated heterocycles. The molecule has 0 spiro atoms. The average molecular weight is 507 g/mol. The summed E-state index contributed by atoms with van der Waals surface area (Å²) in [5.74, 6) is -2.06. The smallest absolute Gasteiger partial charge is 0.350 e. The van der Waals surface area contributed by atoms with Crippen LogP contribution in [0.25, 0.3) is 5.76 Å². The first-order valence-corrected chi connectivity index (χ1v) is 12.3. The monoisotopic (exact) mass is 506 g/mol. The normalized spacial score (nSPS) is 16.9. The number of carbonyl (C=O) groups is 3. The van der Waals surface area contributed by atoms with Crippen LogP contribution in [0.3, 0.4) is 0 Å². The maximum absolute atomic E-state index is 13.4. The van der Waals surface area contributed by atoms with Crippen molar-refractivity contribution in [1.29, 1.82) is 0 Å². The van der Waals surface area contributed by atoms with Crippen LogP contribution in [0, 0.1) is 6.92 Å². The van der Waals surface area contributed by atoms with Crippen molar-refractivity contribution in [3.8, 4) is 5.75 Å². The van der Waals surface area contributed by atoms with Crippen molar-refractivity contribution in [2.24, 2.45) is 0 Å². The SMILES string of the molecule is CCOC(=O)c1sc(N2C(=O)C(=O)/C(=C(/O)c3cccc(OC)c3)C2c2ccc(CC)cc2)nc1C. The van der Waals surface area contributed by atoms with Gasteiger partial charge in [-0.2, -0.15) is 0 Å². The highest BCUT2D eigenvalue weighted by Crippen LogP contribution is 2.44. The van der Waals surface area contributed by atoms with Gasteiger partial charge in [-0.15, -0.1) is 0 Å². The van der Waals surface area contributed by atoms with Gasteiger partial charge in [0.15, 0.2) is 5.13 Å². The molecule has 0 aliphatic carbocycles. The van der Waals surface area contributed by atoms with E-state index < -0.39 is 23.7 Å². The van der Waals surface area contributed by atoms with Crippen LogP contribution in [0.2, 0.25) is 0 Å². The maximum Gasteiger partial charge on any atom is 0.350 e. The number of aromatic nitrogens is 1. The van der Waals surface area contributed by atoms with Crippen LogP contribution in [0.15, 0.2) is 54.1 Å². The zero-order valence-electron chi connectivity index (χ0n) is 20.4. The Balaban J connectivity index is 1.91. The number of aliphatic hydroxyl groups excluding tert-OH is 1. The highest BCUT2D eigenvalue weighted by Gasteiger charge is 2.48. The Hall–Kier alpha value is -3.98. The number of rotatable bonds is 7. The number of benzene rings is 2. The third-order valence-electron chi connectivity index (χ3n) is 5.94. The first-order valence-electron chi connectivity index (χ1n) is 11.5. The van der Waals surface area contributed by atoms with Crippen LogP contribution in [-0.4, -0.2) is 41.5 Å². The molecule has 2 aromatic carbocycles. The summed E-state index contributed by atoms with van der Waals surface area (Å²) in [6.45, 7) is 5.57. The lowest BCUT2D eigenvalue weighted by atomic mass is 9.94. The molecule has 0 radical (unpaired) electrons. The standard InChI is InChI=1S/C27H26N2O6S/c1-5-16-10-12-17(13-11-16)21-20(22(30)18-8-7-9-19(14-18)34-4)23(31)25(32)29(21)27-28-15(3)24(36-27)26(33)35-6-2/h7-14,21,30H,5-6H2,1-4H3/b22-20+. The van der Waals surface area contributed by atoms with Gasteiger partial charge in [0.2, 0.25) is 0 Å². The molecular weight excluding hydrogens is 480 g/mol. The minimum absolute atomic E-state index is 0.0666. The number of nitrogens with zero attached hydrogens (tertiary/aromatic N) is 2. The van der Waals surface area contributed by atoms with Crippen molar-refractivity contribution >= 4 is 39.9 Å². The Labute approximate surface area is 212 Å². The summed E-state index contributed by atoms with van der Waals surface area (Å²) >= 11 is 0.975. The van der Waals surface area contributed by atoms with Crippen molar-refractivity contribution in [1.82, 2.24) is 4.98 Å². The number of aliphatic hydroxyl groups is 1. The number of hydrogen-bond acceptors (Lipinski definition) is 8. The lowest BCUT2D eigenvalue weighted by Gasteiger charge is -2.23. The van der Waals surface area contributed by atoms with Crippen molar-refractivity contribution in [3.05, 3.63) is 81.4 Å². The molecule has 3 aromatic rings. The molecule has 186 valence electrons. The zero-order chi connectivity index (χ0) is 26.0. The number of hydrogen-bond donors (Lipinski definition) is 1. The van der Waals surface area contributed by atoms with E-state index in [9.17, 15) is 19.5 Å². The van der Waals surface area contributed by atoms with Crippen molar-refractivity contribution < 1.29 is 29.0 Å². The Morgan fingerprint density at radius 1 is 1.14 bits per heavy atom. The summed E-state index contributed by atoms with van der Waals surface area (Å²) in [6.07, 6.45) is 0.818. The van der Waals surface area contributed by atoms with E-state index in [0.29, 0.717) is 22.6 Å². The lowest BCUT2D eigenvalue weighted by molar-refractivity contribution is -0.132. The number of Topliss-reactive ketones (excluding diaryl/α,β-unsaturated/α-hetero) is 1. The average Bonchev–Trinajstić information content (AvgIpc) is 3.40. The Morgan fingerprint density at radius 3 is 2.50 bits per heavy atom.